The molecule has 1 aromatic rings. The van der Waals surface area contributed by atoms with Crippen molar-refractivity contribution in [1.29, 1.82) is 0 Å². The number of carbonyl (C=O) groups excluding carboxylic acids is 1. The van der Waals surface area contributed by atoms with Crippen LogP contribution in [0, 0.1) is 11.7 Å². The van der Waals surface area contributed by atoms with Crippen LogP contribution in [0.15, 0.2) is 22.7 Å². The first-order valence-electron chi connectivity index (χ1n) is 6.11. The Labute approximate surface area is 110 Å². The van der Waals surface area contributed by atoms with Crippen LogP contribution in [-0.4, -0.2) is 5.78 Å². The van der Waals surface area contributed by atoms with E-state index in [1.807, 2.05) is 12.1 Å². The lowest BCUT2D eigenvalue weighted by molar-refractivity contribution is -0.119. The van der Waals surface area contributed by atoms with E-state index in [4.69, 9.17) is 0 Å². The van der Waals surface area contributed by atoms with E-state index in [9.17, 15) is 9.18 Å². The van der Waals surface area contributed by atoms with Gasteiger partial charge in [0.05, 0.1) is 0 Å². The van der Waals surface area contributed by atoms with Gasteiger partial charge in [0.1, 0.15) is 11.6 Å². The summed E-state index contributed by atoms with van der Waals surface area (Å²) in [7, 11) is 0. The van der Waals surface area contributed by atoms with Crippen LogP contribution in [0.5, 0.6) is 0 Å². The first kappa shape index (κ1) is 12.7. The lowest BCUT2D eigenvalue weighted by atomic mass is 9.92. The largest absolute Gasteiger partial charge is 0.300 e. The van der Waals surface area contributed by atoms with Crippen molar-refractivity contribution in [2.75, 3.05) is 0 Å². The Kier molecular flexibility index (Phi) is 4.32. The first-order valence-corrected chi connectivity index (χ1v) is 6.90. The third kappa shape index (κ3) is 3.63. The average molecular weight is 299 g/mol. The first-order chi connectivity index (χ1) is 8.15. The highest BCUT2D eigenvalue weighted by molar-refractivity contribution is 9.10. The van der Waals surface area contributed by atoms with E-state index >= 15 is 0 Å². The zero-order valence-corrected chi connectivity index (χ0v) is 11.3. The smallest absolute Gasteiger partial charge is 0.133 e. The van der Waals surface area contributed by atoms with Gasteiger partial charge < -0.3 is 0 Å². The van der Waals surface area contributed by atoms with E-state index in [0.29, 0.717) is 31.0 Å². The number of carbonyl (C=O) groups is 1. The van der Waals surface area contributed by atoms with E-state index < -0.39 is 0 Å². The van der Waals surface area contributed by atoms with Crippen molar-refractivity contribution in [3.8, 4) is 0 Å². The molecule has 0 radical (unpaired) electrons. The second-order valence-electron chi connectivity index (χ2n) is 4.79. The van der Waals surface area contributed by atoms with Crippen LogP contribution in [0.4, 0.5) is 4.39 Å². The highest BCUT2D eigenvalue weighted by Crippen LogP contribution is 2.26. The van der Waals surface area contributed by atoms with Crippen LogP contribution in [0.25, 0.3) is 0 Å². The van der Waals surface area contributed by atoms with Crippen molar-refractivity contribution < 1.29 is 9.18 Å². The predicted octanol–water partition coefficient (Wildman–Crippen LogP) is 4.28. The lowest BCUT2D eigenvalue weighted by Crippen LogP contribution is -2.09. The minimum absolute atomic E-state index is 0.170. The van der Waals surface area contributed by atoms with Crippen LogP contribution in [0.3, 0.4) is 0 Å². The summed E-state index contributed by atoms with van der Waals surface area (Å²) < 4.78 is 14.4. The Morgan fingerprint density at radius 2 is 2.18 bits per heavy atom. The second-order valence-corrected chi connectivity index (χ2v) is 5.71. The fourth-order valence-electron chi connectivity index (χ4n) is 2.45. The fraction of sp³-hybridized carbons (Fsp3) is 0.500. The van der Waals surface area contributed by atoms with Crippen molar-refractivity contribution in [3.63, 3.8) is 0 Å². The Morgan fingerprint density at radius 3 is 2.94 bits per heavy atom. The number of hydrogen-bond donors (Lipinski definition) is 0. The summed E-state index contributed by atoms with van der Waals surface area (Å²) in [6.45, 7) is 0. The van der Waals surface area contributed by atoms with Crippen LogP contribution >= 0.6 is 15.9 Å². The minimum atomic E-state index is -0.170. The molecule has 1 atom stereocenters. The number of hydrogen-bond acceptors (Lipinski definition) is 1. The van der Waals surface area contributed by atoms with Gasteiger partial charge in [-0.25, -0.2) is 4.39 Å². The second kappa shape index (κ2) is 5.76. The molecule has 0 N–H and O–H groups in total. The van der Waals surface area contributed by atoms with Crippen LogP contribution in [0.1, 0.15) is 37.7 Å². The summed E-state index contributed by atoms with van der Waals surface area (Å²) in [6, 6.07) is 5.17. The molecule has 0 saturated heterocycles. The minimum Gasteiger partial charge on any atom is -0.300 e. The van der Waals surface area contributed by atoms with Gasteiger partial charge in [-0.3, -0.25) is 4.79 Å². The van der Waals surface area contributed by atoms with Crippen molar-refractivity contribution in [2.24, 2.45) is 5.92 Å². The molecule has 0 aliphatic heterocycles. The van der Waals surface area contributed by atoms with Crippen LogP contribution < -0.4 is 0 Å². The average Bonchev–Trinajstić information content (AvgIpc) is 2.47. The molecule has 1 saturated carbocycles. The summed E-state index contributed by atoms with van der Waals surface area (Å²) in [5, 5.41) is 0. The summed E-state index contributed by atoms with van der Waals surface area (Å²) in [5.74, 6) is 0.488. The van der Waals surface area contributed by atoms with Gasteiger partial charge in [0.25, 0.3) is 0 Å². The maximum atomic E-state index is 13.7. The van der Waals surface area contributed by atoms with E-state index in [-0.39, 0.29) is 5.82 Å². The Bertz CT molecular complexity index is 417. The normalized spacial score (nSPS) is 21.3. The van der Waals surface area contributed by atoms with E-state index in [1.54, 1.807) is 0 Å². The molecule has 1 fully saturated rings. The maximum Gasteiger partial charge on any atom is 0.133 e. The molecule has 1 aromatic carbocycles. The zero-order valence-electron chi connectivity index (χ0n) is 9.72. The van der Waals surface area contributed by atoms with Crippen molar-refractivity contribution in [1.82, 2.24) is 0 Å². The molecular weight excluding hydrogens is 283 g/mol. The van der Waals surface area contributed by atoms with Gasteiger partial charge in [-0.2, -0.15) is 0 Å². The highest BCUT2D eigenvalue weighted by atomic mass is 79.9. The van der Waals surface area contributed by atoms with E-state index in [0.717, 1.165) is 29.3 Å². The summed E-state index contributed by atoms with van der Waals surface area (Å²) in [6.07, 6.45) is 5.15. The topological polar surface area (TPSA) is 17.1 Å². The van der Waals surface area contributed by atoms with Gasteiger partial charge in [0.2, 0.25) is 0 Å². The molecule has 1 nitrogen and oxygen atoms in total. The number of benzene rings is 1. The van der Waals surface area contributed by atoms with Crippen LogP contribution in [0.2, 0.25) is 0 Å². The Balaban J connectivity index is 2.06. The number of halogens is 2. The molecule has 0 aromatic heterocycles. The molecule has 0 spiro atoms. The third-order valence-electron chi connectivity index (χ3n) is 3.36. The molecule has 1 aliphatic carbocycles. The van der Waals surface area contributed by atoms with Crippen molar-refractivity contribution in [2.45, 2.75) is 38.5 Å². The standard InChI is InChI=1S/C14H16BrFO/c15-12-6-5-11(14(16)9-12)7-10-3-1-2-4-13(17)8-10/h5-6,9-10H,1-4,7-8H2. The SMILES string of the molecule is O=C1CCCCC(Cc2ccc(Br)cc2F)C1. The molecule has 92 valence electrons. The molecule has 1 aliphatic rings. The van der Waals surface area contributed by atoms with E-state index in [2.05, 4.69) is 15.9 Å². The number of rotatable bonds is 2. The van der Waals surface area contributed by atoms with Gasteiger partial charge in [0.15, 0.2) is 0 Å². The Morgan fingerprint density at radius 1 is 1.35 bits per heavy atom. The lowest BCUT2D eigenvalue weighted by Gasteiger charge is -2.13. The molecule has 0 bridgehead atoms. The van der Waals surface area contributed by atoms with Gasteiger partial charge >= 0.3 is 0 Å². The van der Waals surface area contributed by atoms with Crippen LogP contribution in [-0.2, 0) is 11.2 Å². The zero-order chi connectivity index (χ0) is 12.3. The van der Waals surface area contributed by atoms with Gasteiger partial charge in [-0.1, -0.05) is 28.4 Å². The van der Waals surface area contributed by atoms with Crippen molar-refractivity contribution in [3.05, 3.63) is 34.1 Å². The highest BCUT2D eigenvalue weighted by Gasteiger charge is 2.19. The quantitative estimate of drug-likeness (QED) is 0.745. The summed E-state index contributed by atoms with van der Waals surface area (Å²) >= 11 is 3.25. The van der Waals surface area contributed by atoms with E-state index in [1.165, 1.54) is 6.07 Å². The molecule has 0 heterocycles. The third-order valence-corrected chi connectivity index (χ3v) is 3.85. The predicted molar refractivity (Wildman–Crippen MR) is 69.4 cm³/mol. The molecule has 1 unspecified atom stereocenters. The van der Waals surface area contributed by atoms with Crippen molar-refractivity contribution >= 4 is 21.7 Å². The summed E-state index contributed by atoms with van der Waals surface area (Å²) in [5.41, 5.74) is 0.730. The molecular formula is C14H16BrFO. The van der Waals surface area contributed by atoms with Gasteiger partial charge in [-0.15, -0.1) is 0 Å². The fourth-order valence-corrected chi connectivity index (χ4v) is 2.79. The molecule has 0 amide bonds. The molecule has 3 heteroatoms. The summed E-state index contributed by atoms with van der Waals surface area (Å²) in [4.78, 5) is 11.5. The molecule has 17 heavy (non-hydrogen) atoms. The molecule has 2 rings (SSSR count). The number of ketones is 1. The van der Waals surface area contributed by atoms with Gasteiger partial charge in [0, 0.05) is 17.3 Å². The maximum absolute atomic E-state index is 13.7. The van der Waals surface area contributed by atoms with Gasteiger partial charge in [-0.05, 0) is 42.9 Å². The monoisotopic (exact) mass is 298 g/mol. The Hall–Kier alpha value is -0.700. The number of Topliss-reactive ketones (excluding diaryl/α,β-unsaturated/α-hetero) is 1.